The van der Waals surface area contributed by atoms with Crippen LogP contribution in [0, 0.1) is 35.5 Å². The third-order valence-corrected chi connectivity index (χ3v) is 39.2. The molecule has 5 rings (SSSR count). The van der Waals surface area contributed by atoms with Crippen LogP contribution in [0.15, 0.2) is 73.8 Å². The first-order valence-corrected chi connectivity index (χ1v) is 44.5. The van der Waals surface area contributed by atoms with Crippen LogP contribution in [-0.2, 0) is 59.3 Å². The average Bonchev–Trinajstić information content (AvgIpc) is 1.58. The lowest BCUT2D eigenvalue weighted by Gasteiger charge is -2.49. The van der Waals surface area contributed by atoms with Gasteiger partial charge in [0.25, 0.3) is 0 Å². The molecule has 0 unspecified atom stereocenters. The zero-order chi connectivity index (χ0) is 68.0. The van der Waals surface area contributed by atoms with Gasteiger partial charge in [-0.05, 0) is 136 Å². The van der Waals surface area contributed by atoms with Gasteiger partial charge in [0.15, 0.2) is 39.1 Å². The molecule has 14 atom stereocenters. The van der Waals surface area contributed by atoms with E-state index in [1.165, 1.54) is 0 Å². The lowest BCUT2D eigenvalue weighted by molar-refractivity contribution is -0.303. The highest BCUT2D eigenvalue weighted by atomic mass is 28.4. The molecule has 0 amide bonds. The maximum absolute atomic E-state index is 11.8. The van der Waals surface area contributed by atoms with Gasteiger partial charge in [-0.3, -0.25) is 0 Å². The third kappa shape index (κ3) is 22.2. The predicted molar refractivity (Wildman–Crippen MR) is 386 cm³/mol. The second kappa shape index (κ2) is 33.0. The summed E-state index contributed by atoms with van der Waals surface area (Å²) in [7, 11) is -5.50. The predicted octanol–water partition coefficient (Wildman–Crippen LogP) is 17.4. The molecule has 14 nitrogen and oxygen atoms in total. The molecule has 2 aromatic carbocycles. The molecule has 0 bridgehead atoms. The Morgan fingerprint density at radius 2 is 0.945 bits per heavy atom. The summed E-state index contributed by atoms with van der Waals surface area (Å²) in [6.07, 6.45) is 1.65. The molecule has 0 spiro atoms. The lowest BCUT2D eigenvalue weighted by Crippen LogP contribution is -2.59. The van der Waals surface area contributed by atoms with Crippen LogP contribution in [0.4, 0.5) is 0 Å². The Hall–Kier alpha value is -2.09. The van der Waals surface area contributed by atoms with Crippen LogP contribution in [0.5, 0.6) is 11.5 Å². The van der Waals surface area contributed by atoms with E-state index in [4.69, 9.17) is 55.6 Å². The van der Waals surface area contributed by atoms with Crippen LogP contribution in [0.25, 0.3) is 0 Å². The van der Waals surface area contributed by atoms with Crippen molar-refractivity contribution in [2.45, 2.75) is 279 Å². The summed E-state index contributed by atoms with van der Waals surface area (Å²) in [5.74, 6) is 0.156. The fourth-order valence-corrected chi connectivity index (χ4v) is 15.6. The van der Waals surface area contributed by atoms with Gasteiger partial charge in [0, 0.05) is 48.7 Å². The van der Waals surface area contributed by atoms with E-state index in [1.807, 2.05) is 68.5 Å². The number of hydrogen-bond donors (Lipinski definition) is 2. The van der Waals surface area contributed by atoms with Crippen molar-refractivity contribution in [3.63, 3.8) is 0 Å². The molecule has 3 fully saturated rings. The Balaban J connectivity index is 0.000000608. The van der Waals surface area contributed by atoms with E-state index in [0.29, 0.717) is 46.2 Å². The molecular formula is C73H136O14Si4. The zero-order valence-corrected chi connectivity index (χ0v) is 65.1. The molecule has 528 valence electrons. The molecule has 0 saturated carbocycles. The van der Waals surface area contributed by atoms with Crippen molar-refractivity contribution in [1.29, 1.82) is 0 Å². The van der Waals surface area contributed by atoms with Crippen molar-refractivity contribution >= 4 is 33.3 Å². The van der Waals surface area contributed by atoms with Crippen molar-refractivity contribution in [2.24, 2.45) is 35.5 Å². The highest BCUT2D eigenvalue weighted by molar-refractivity contribution is 6.75. The number of hydrogen-bond acceptors (Lipinski definition) is 14. The van der Waals surface area contributed by atoms with E-state index < -0.39 is 74.3 Å². The van der Waals surface area contributed by atoms with Crippen LogP contribution >= 0.6 is 0 Å². The molecule has 2 aromatic rings. The molecular weight excluding hydrogens is 1210 g/mol. The Kier molecular flexibility index (Phi) is 30.8. The Morgan fingerprint density at radius 1 is 0.571 bits per heavy atom. The fourth-order valence-electron chi connectivity index (χ4n) is 10.7. The van der Waals surface area contributed by atoms with Crippen molar-refractivity contribution in [3.05, 3.63) is 85.0 Å². The summed E-state index contributed by atoms with van der Waals surface area (Å²) in [4.78, 5) is 0. The molecule has 0 aliphatic carbocycles. The lowest BCUT2D eigenvalue weighted by atomic mass is 9.79. The van der Waals surface area contributed by atoms with Crippen molar-refractivity contribution < 1.29 is 65.8 Å². The first-order valence-electron chi connectivity index (χ1n) is 32.9. The second-order valence-corrected chi connectivity index (χ2v) is 52.1. The largest absolute Gasteiger partial charge is 0.497 e. The number of epoxide rings is 2. The topological polar surface area (TPSA) is 158 Å². The number of rotatable bonds is 32. The van der Waals surface area contributed by atoms with Crippen molar-refractivity contribution in [3.8, 4) is 11.5 Å². The molecule has 3 aliphatic rings. The van der Waals surface area contributed by atoms with E-state index in [2.05, 4.69) is 176 Å². The first-order chi connectivity index (χ1) is 40.6. The summed E-state index contributed by atoms with van der Waals surface area (Å²) in [6.45, 7) is 69.3. The van der Waals surface area contributed by atoms with Gasteiger partial charge in [0.2, 0.25) is 0 Å². The Labute approximate surface area is 560 Å². The van der Waals surface area contributed by atoms with Gasteiger partial charge in [0.1, 0.15) is 22.7 Å². The molecule has 0 aromatic heterocycles. The van der Waals surface area contributed by atoms with E-state index >= 15 is 0 Å². The van der Waals surface area contributed by atoms with E-state index in [1.54, 1.807) is 20.3 Å². The standard InChI is InChI=1S/C37H66O7Si2.C34H62O7Si2.2CH4/c1-17-28-24-40-36(9,10)42-31(28)30(25-41-45(13,14)34(3,4)5)33(44-46(15,16)35(6,7)8)37(11)32(43-37)26(2)22-39-23-27-18-20-29(38-12)21-19-27;1-15-26(20-35)29(36)28(23-39-42(11,12)32(3,4)5)31(41-43(13,14)33(6,7)8)34(9)30(40-34)24(2)21-38-22-25-16-18-27(37-10)19-17-25;;/h17-21,26,28,30-33H,1,22-25H2,2-16H3;15-19,24,26,28-31,35-36H,1,20-23H2,2-14H3;2*1H4/t26-,28-,30-,31+,32+,33-,37-;24-,26-,28-,29+,30+,31-,34-;;/m00../s1. The zero-order valence-electron chi connectivity index (χ0n) is 61.1. The second-order valence-electron chi connectivity index (χ2n) is 33.0. The Morgan fingerprint density at radius 3 is 1.30 bits per heavy atom. The van der Waals surface area contributed by atoms with Gasteiger partial charge in [-0.15, -0.1) is 13.2 Å². The van der Waals surface area contributed by atoms with Crippen LogP contribution in [0.1, 0.15) is 151 Å². The van der Waals surface area contributed by atoms with Gasteiger partial charge >= 0.3 is 0 Å². The molecule has 18 heteroatoms. The highest BCUT2D eigenvalue weighted by Gasteiger charge is 2.66. The fraction of sp³-hybridized carbons (Fsp3) is 0.781. The smallest absolute Gasteiger partial charge is 0.192 e. The van der Waals surface area contributed by atoms with Crippen LogP contribution in [0.3, 0.4) is 0 Å². The van der Waals surface area contributed by atoms with Crippen molar-refractivity contribution in [1.82, 2.24) is 0 Å². The normalized spacial score (nSPS) is 24.9. The van der Waals surface area contributed by atoms with E-state index in [9.17, 15) is 10.2 Å². The summed E-state index contributed by atoms with van der Waals surface area (Å²) < 4.78 is 77.6. The third-order valence-electron chi connectivity index (χ3n) is 21.3. The highest BCUT2D eigenvalue weighted by Crippen LogP contribution is 2.54. The van der Waals surface area contributed by atoms with Crippen LogP contribution in [-0.4, -0.2) is 151 Å². The number of benzene rings is 2. The number of methoxy groups -OCH3 is 2. The molecule has 2 N–H and O–H groups in total. The van der Waals surface area contributed by atoms with Crippen LogP contribution in [0.2, 0.25) is 72.5 Å². The SMILES string of the molecule is C.C.C=C[C@@H](CO)[C@@H](O)[C@H](CO[Si](C)(C)C(C)(C)C)[C@H](O[Si](C)(C)C(C)(C)C)[C@@]1(C)O[C@@H]1[C@@H](C)COCc1ccc(OC)cc1.C=C[C@H]1COC(C)(C)O[C@H]1[C@H](CO[Si](C)(C)C(C)(C)C)[C@H](O[Si](C)(C)C(C)(C)C)[C@@]1(C)O[C@@H]1[C@@H](C)COCc1ccc(OC)cc1. The van der Waals surface area contributed by atoms with Gasteiger partial charge in [-0.2, -0.15) is 0 Å². The molecule has 0 radical (unpaired) electrons. The number of aliphatic hydroxyl groups excluding tert-OH is 2. The maximum atomic E-state index is 11.8. The minimum atomic E-state index is -2.32. The summed E-state index contributed by atoms with van der Waals surface area (Å²) in [5, 5.41) is 22.0. The van der Waals surface area contributed by atoms with E-state index in [-0.39, 0.29) is 89.7 Å². The molecule has 3 heterocycles. The minimum Gasteiger partial charge on any atom is -0.497 e. The van der Waals surface area contributed by atoms with E-state index in [0.717, 1.165) is 22.6 Å². The Bertz CT molecular complexity index is 2500. The molecule has 91 heavy (non-hydrogen) atoms. The maximum Gasteiger partial charge on any atom is 0.192 e. The van der Waals surface area contributed by atoms with Gasteiger partial charge in [-0.25, -0.2) is 0 Å². The molecule has 3 saturated heterocycles. The number of aliphatic hydroxyl groups is 2. The van der Waals surface area contributed by atoms with Gasteiger partial charge in [0.05, 0.1) is 90.5 Å². The van der Waals surface area contributed by atoms with Crippen LogP contribution < -0.4 is 9.47 Å². The minimum absolute atomic E-state index is 0. The quantitative estimate of drug-likeness (QED) is 0.0405. The van der Waals surface area contributed by atoms with Gasteiger partial charge < -0.3 is 65.8 Å². The molecule has 3 aliphatic heterocycles. The van der Waals surface area contributed by atoms with Gasteiger partial charge in [-0.1, -0.05) is 148 Å². The number of ether oxygens (including phenoxy) is 8. The summed E-state index contributed by atoms with van der Waals surface area (Å²) in [5.41, 5.74) is 1.01. The van der Waals surface area contributed by atoms with Crippen molar-refractivity contribution in [2.75, 3.05) is 53.9 Å². The monoisotopic (exact) mass is 1350 g/mol. The summed E-state index contributed by atoms with van der Waals surface area (Å²) >= 11 is 0. The first kappa shape index (κ1) is 85.0. The average molecular weight is 1350 g/mol. The summed E-state index contributed by atoms with van der Waals surface area (Å²) in [6, 6.07) is 15.9.